The molecule has 8 nitrogen and oxygen atoms in total. The Labute approximate surface area is 102 Å². The lowest BCUT2D eigenvalue weighted by Crippen LogP contribution is -2.17. The van der Waals surface area contributed by atoms with Gasteiger partial charge in [0.05, 0.1) is 6.33 Å². The van der Waals surface area contributed by atoms with E-state index < -0.39 is 5.56 Å². The number of nitrogens with one attached hydrogen (secondary N) is 2. The molecule has 96 valence electrons. The molecule has 0 aliphatic carbocycles. The largest absolute Gasteiger partial charge is 0.361 e. The first-order chi connectivity index (χ1) is 8.61. The Bertz CT molecular complexity index is 630. The molecule has 18 heavy (non-hydrogen) atoms. The van der Waals surface area contributed by atoms with Crippen LogP contribution in [-0.4, -0.2) is 32.0 Å². The van der Waals surface area contributed by atoms with E-state index in [0.29, 0.717) is 12.3 Å². The Morgan fingerprint density at radius 2 is 2.39 bits per heavy atom. The Morgan fingerprint density at radius 3 is 3.06 bits per heavy atom. The molecule has 0 fully saturated rings. The van der Waals surface area contributed by atoms with E-state index in [2.05, 4.69) is 20.3 Å². The predicted molar refractivity (Wildman–Crippen MR) is 64.1 cm³/mol. The van der Waals surface area contributed by atoms with Gasteiger partial charge in [-0.1, -0.05) is 0 Å². The van der Waals surface area contributed by atoms with Crippen molar-refractivity contribution < 1.29 is 9.53 Å². The molecule has 2 rings (SSSR count). The minimum absolute atomic E-state index is 0.0956. The van der Waals surface area contributed by atoms with Gasteiger partial charge in [0.1, 0.15) is 6.73 Å². The third-order valence-electron chi connectivity index (χ3n) is 2.20. The van der Waals surface area contributed by atoms with Crippen molar-refractivity contribution in [3.8, 4) is 0 Å². The first-order valence-electron chi connectivity index (χ1n) is 5.42. The van der Waals surface area contributed by atoms with Crippen LogP contribution in [0.5, 0.6) is 0 Å². The maximum Gasteiger partial charge on any atom is 0.280 e. The zero-order valence-corrected chi connectivity index (χ0v) is 10.1. The monoisotopic (exact) mass is 251 g/mol. The van der Waals surface area contributed by atoms with Gasteiger partial charge in [-0.05, 0) is 6.92 Å². The molecule has 0 bridgehead atoms. The Morgan fingerprint density at radius 1 is 1.61 bits per heavy atom. The summed E-state index contributed by atoms with van der Waals surface area (Å²) in [5.41, 5.74) is 0.179. The lowest BCUT2D eigenvalue weighted by Gasteiger charge is -2.04. The average molecular weight is 251 g/mol. The third-order valence-corrected chi connectivity index (χ3v) is 2.20. The molecule has 2 heterocycles. The van der Waals surface area contributed by atoms with E-state index in [4.69, 9.17) is 4.74 Å². The van der Waals surface area contributed by atoms with Crippen LogP contribution < -0.4 is 10.9 Å². The first-order valence-corrected chi connectivity index (χ1v) is 5.42. The van der Waals surface area contributed by atoms with Crippen LogP contribution in [0.1, 0.15) is 13.8 Å². The quantitative estimate of drug-likeness (QED) is 0.800. The van der Waals surface area contributed by atoms with Crippen molar-refractivity contribution in [3.05, 3.63) is 16.7 Å². The zero-order chi connectivity index (χ0) is 13.1. The molecule has 0 radical (unpaired) electrons. The fraction of sp³-hybridized carbons (Fsp3) is 0.400. The van der Waals surface area contributed by atoms with Crippen LogP contribution in [0.25, 0.3) is 11.2 Å². The summed E-state index contributed by atoms with van der Waals surface area (Å²) in [6.07, 6.45) is 1.47. The molecule has 0 atom stereocenters. The molecule has 2 N–H and O–H groups in total. The number of aromatic amines is 1. The number of rotatable bonds is 4. The number of ether oxygens (including phenoxy) is 1. The van der Waals surface area contributed by atoms with Gasteiger partial charge in [-0.3, -0.25) is 24.5 Å². The van der Waals surface area contributed by atoms with Crippen molar-refractivity contribution in [1.82, 2.24) is 19.5 Å². The van der Waals surface area contributed by atoms with Gasteiger partial charge in [0.2, 0.25) is 11.9 Å². The fourth-order valence-electron chi connectivity index (χ4n) is 1.46. The maximum atomic E-state index is 11.7. The van der Waals surface area contributed by atoms with Crippen LogP contribution in [0.2, 0.25) is 0 Å². The topological polar surface area (TPSA) is 102 Å². The van der Waals surface area contributed by atoms with Gasteiger partial charge in [0.25, 0.3) is 5.56 Å². The van der Waals surface area contributed by atoms with E-state index in [9.17, 15) is 9.59 Å². The number of amides is 1. The lowest BCUT2D eigenvalue weighted by molar-refractivity contribution is -0.114. The Hall–Kier alpha value is -2.22. The Kier molecular flexibility index (Phi) is 3.38. The lowest BCUT2D eigenvalue weighted by atomic mass is 10.5. The first kappa shape index (κ1) is 12.2. The highest BCUT2D eigenvalue weighted by molar-refractivity contribution is 5.87. The van der Waals surface area contributed by atoms with Crippen molar-refractivity contribution in [2.75, 3.05) is 11.9 Å². The van der Waals surface area contributed by atoms with Crippen LogP contribution in [0.3, 0.4) is 0 Å². The number of hydrogen-bond acceptors (Lipinski definition) is 5. The van der Waals surface area contributed by atoms with Crippen molar-refractivity contribution in [1.29, 1.82) is 0 Å². The predicted octanol–water partition coefficient (Wildman–Crippen LogP) is 0.0720. The summed E-state index contributed by atoms with van der Waals surface area (Å²) < 4.78 is 6.83. The third kappa shape index (κ3) is 2.38. The second-order valence-corrected chi connectivity index (χ2v) is 3.60. The summed E-state index contributed by atoms with van der Waals surface area (Å²) in [6, 6.07) is 0. The molecule has 0 unspecified atom stereocenters. The molecular formula is C10H13N5O3. The molecule has 0 saturated carbocycles. The number of anilines is 1. The van der Waals surface area contributed by atoms with Crippen LogP contribution >= 0.6 is 0 Å². The summed E-state index contributed by atoms with van der Waals surface area (Å²) in [4.78, 5) is 33.2. The fourth-order valence-corrected chi connectivity index (χ4v) is 1.46. The molecule has 0 aromatic carbocycles. The van der Waals surface area contributed by atoms with Gasteiger partial charge in [-0.2, -0.15) is 4.98 Å². The second kappa shape index (κ2) is 4.96. The summed E-state index contributed by atoms with van der Waals surface area (Å²) in [5.74, 6) is -0.216. The minimum Gasteiger partial charge on any atom is -0.361 e. The normalized spacial score (nSPS) is 10.8. The summed E-state index contributed by atoms with van der Waals surface area (Å²) >= 11 is 0. The zero-order valence-electron chi connectivity index (χ0n) is 10.1. The second-order valence-electron chi connectivity index (χ2n) is 3.60. The minimum atomic E-state index is -0.404. The van der Waals surface area contributed by atoms with E-state index in [0.717, 1.165) is 0 Å². The number of carbonyl (C=O) groups excluding carboxylic acids is 1. The Balaban J connectivity index is 2.46. The molecule has 0 aliphatic rings. The SMILES string of the molecule is CCOCn1cnc2c(=O)[nH]c(NC(C)=O)nc21. The summed E-state index contributed by atoms with van der Waals surface area (Å²) in [5, 5.41) is 2.42. The van der Waals surface area contributed by atoms with Crippen LogP contribution in [-0.2, 0) is 16.3 Å². The maximum absolute atomic E-state index is 11.7. The van der Waals surface area contributed by atoms with Gasteiger partial charge in [-0.25, -0.2) is 4.98 Å². The van der Waals surface area contributed by atoms with E-state index in [-0.39, 0.29) is 24.1 Å². The molecule has 8 heteroatoms. The van der Waals surface area contributed by atoms with Crippen molar-refractivity contribution in [2.24, 2.45) is 0 Å². The highest BCUT2D eigenvalue weighted by Gasteiger charge is 2.10. The number of imidazole rings is 1. The summed E-state index contributed by atoms with van der Waals surface area (Å²) in [7, 11) is 0. The number of fused-ring (bicyclic) bond motifs is 1. The molecular weight excluding hydrogens is 238 g/mol. The van der Waals surface area contributed by atoms with E-state index >= 15 is 0 Å². The number of carbonyl (C=O) groups is 1. The highest BCUT2D eigenvalue weighted by Crippen LogP contribution is 2.07. The van der Waals surface area contributed by atoms with Crippen LogP contribution in [0, 0.1) is 0 Å². The van der Waals surface area contributed by atoms with Gasteiger partial charge in [-0.15, -0.1) is 0 Å². The summed E-state index contributed by atoms with van der Waals surface area (Å²) in [6.45, 7) is 3.99. The van der Waals surface area contributed by atoms with E-state index in [1.165, 1.54) is 13.3 Å². The van der Waals surface area contributed by atoms with Gasteiger partial charge >= 0.3 is 0 Å². The van der Waals surface area contributed by atoms with E-state index in [1.54, 1.807) is 4.57 Å². The number of aromatic nitrogens is 4. The molecule has 0 spiro atoms. The molecule has 2 aromatic rings. The van der Waals surface area contributed by atoms with Crippen LogP contribution in [0.15, 0.2) is 11.1 Å². The number of nitrogens with zero attached hydrogens (tertiary/aromatic N) is 3. The molecule has 0 aliphatic heterocycles. The highest BCUT2D eigenvalue weighted by atomic mass is 16.5. The number of H-pyrrole nitrogens is 1. The van der Waals surface area contributed by atoms with E-state index in [1.807, 2.05) is 6.92 Å². The number of hydrogen-bond donors (Lipinski definition) is 2. The molecule has 0 saturated heterocycles. The average Bonchev–Trinajstić information content (AvgIpc) is 2.69. The van der Waals surface area contributed by atoms with Crippen molar-refractivity contribution in [2.45, 2.75) is 20.6 Å². The molecule has 2 aromatic heterocycles. The van der Waals surface area contributed by atoms with Gasteiger partial charge < -0.3 is 4.74 Å². The molecule has 1 amide bonds. The smallest absolute Gasteiger partial charge is 0.280 e. The van der Waals surface area contributed by atoms with Crippen molar-refractivity contribution in [3.63, 3.8) is 0 Å². The van der Waals surface area contributed by atoms with Gasteiger partial charge in [0, 0.05) is 13.5 Å². The van der Waals surface area contributed by atoms with Crippen LogP contribution in [0.4, 0.5) is 5.95 Å². The standard InChI is InChI=1S/C10H13N5O3/c1-3-18-5-15-4-11-7-8(15)13-10(12-6(2)16)14-9(7)17/h4H,3,5H2,1-2H3,(H2,12,13,14,16,17). The van der Waals surface area contributed by atoms with Gasteiger partial charge in [0.15, 0.2) is 11.2 Å². The van der Waals surface area contributed by atoms with Crippen molar-refractivity contribution >= 4 is 23.0 Å².